The van der Waals surface area contributed by atoms with Gasteiger partial charge in [-0.15, -0.1) is 0 Å². The second kappa shape index (κ2) is 3.36. The molecule has 0 saturated carbocycles. The van der Waals surface area contributed by atoms with E-state index in [-0.39, 0.29) is 10.7 Å². The van der Waals surface area contributed by atoms with Gasteiger partial charge in [0.25, 0.3) is 0 Å². The monoisotopic (exact) mass is 283 g/mol. The zero-order valence-electron chi connectivity index (χ0n) is 5.21. The van der Waals surface area contributed by atoms with E-state index in [1.165, 1.54) is 6.20 Å². The Morgan fingerprint density at radius 2 is 2.36 bits per heavy atom. The zero-order valence-corrected chi connectivity index (χ0v) is 8.13. The average molecular weight is 283 g/mol. The predicted octanol–water partition coefficient (Wildman–Crippen LogP) is 2.04. The lowest BCUT2D eigenvalue weighted by molar-refractivity contribution is 0.0690. The molecule has 0 spiro atoms. The maximum Gasteiger partial charge on any atom is 0.356 e. The van der Waals surface area contributed by atoms with Crippen molar-refractivity contribution in [3.63, 3.8) is 0 Å². The lowest BCUT2D eigenvalue weighted by atomic mass is 10.3. The summed E-state index contributed by atoms with van der Waals surface area (Å²) in [6.07, 6.45) is 1.45. The molecule has 0 fully saturated rings. The fraction of sp³-hybridized carbons (Fsp3) is 0. The lowest BCUT2D eigenvalue weighted by Gasteiger charge is -1.96. The zero-order chi connectivity index (χ0) is 8.43. The topological polar surface area (TPSA) is 50.2 Å². The Bertz CT molecular complexity index is 303. The summed E-state index contributed by atoms with van der Waals surface area (Å²) in [7, 11) is 0. The second-order valence-corrected chi connectivity index (χ2v) is 3.44. The maximum atomic E-state index is 10.4. The minimum Gasteiger partial charge on any atom is -0.476 e. The Balaban J connectivity index is 3.20. The Labute approximate surface area is 81.5 Å². The van der Waals surface area contributed by atoms with Crippen LogP contribution >= 0.6 is 34.2 Å². The molecule has 1 aromatic heterocycles. The standard InChI is InChI=1S/C6H3ClINO2/c7-4-1-3(8)2-9-5(4)6(10)11/h1-2H,(H,10,11). The summed E-state index contributed by atoms with van der Waals surface area (Å²) < 4.78 is 0.817. The van der Waals surface area contributed by atoms with Gasteiger partial charge < -0.3 is 5.11 Å². The fourth-order valence-corrected chi connectivity index (χ4v) is 1.45. The van der Waals surface area contributed by atoms with E-state index in [9.17, 15) is 4.79 Å². The molecule has 0 bridgehead atoms. The first kappa shape index (κ1) is 8.73. The average Bonchev–Trinajstić information content (AvgIpc) is 1.85. The SMILES string of the molecule is O=C(O)c1ncc(I)cc1Cl. The van der Waals surface area contributed by atoms with Crippen molar-refractivity contribution >= 4 is 40.2 Å². The molecular weight excluding hydrogens is 280 g/mol. The van der Waals surface area contributed by atoms with Crippen LogP contribution in [0.15, 0.2) is 12.3 Å². The number of carbonyl (C=O) groups is 1. The molecule has 0 radical (unpaired) electrons. The number of pyridine rings is 1. The van der Waals surface area contributed by atoms with Crippen molar-refractivity contribution in [2.75, 3.05) is 0 Å². The number of aromatic nitrogens is 1. The molecule has 0 aromatic carbocycles. The van der Waals surface area contributed by atoms with E-state index in [0.29, 0.717) is 0 Å². The van der Waals surface area contributed by atoms with E-state index in [1.807, 2.05) is 22.6 Å². The molecule has 0 aliphatic rings. The minimum absolute atomic E-state index is 0.105. The summed E-state index contributed by atoms with van der Waals surface area (Å²) in [5.74, 6) is -1.11. The molecule has 0 atom stereocenters. The number of rotatable bonds is 1. The van der Waals surface area contributed by atoms with E-state index >= 15 is 0 Å². The van der Waals surface area contributed by atoms with Gasteiger partial charge in [0.2, 0.25) is 0 Å². The maximum absolute atomic E-state index is 10.4. The Kier molecular flexibility index (Phi) is 2.67. The highest BCUT2D eigenvalue weighted by Gasteiger charge is 2.09. The van der Waals surface area contributed by atoms with Crippen LogP contribution in [-0.4, -0.2) is 16.1 Å². The van der Waals surface area contributed by atoms with Crippen LogP contribution in [0.2, 0.25) is 5.02 Å². The van der Waals surface area contributed by atoms with Crippen molar-refractivity contribution in [3.05, 3.63) is 26.5 Å². The number of carboxylic acid groups (broad SMARTS) is 1. The fourth-order valence-electron chi connectivity index (χ4n) is 0.572. The van der Waals surface area contributed by atoms with E-state index in [4.69, 9.17) is 16.7 Å². The molecule has 0 amide bonds. The number of nitrogens with zero attached hydrogens (tertiary/aromatic N) is 1. The van der Waals surface area contributed by atoms with Crippen LogP contribution < -0.4 is 0 Å². The summed E-state index contributed by atoms with van der Waals surface area (Å²) in [6, 6.07) is 1.55. The summed E-state index contributed by atoms with van der Waals surface area (Å²) >= 11 is 7.58. The molecule has 0 unspecified atom stereocenters. The predicted molar refractivity (Wildman–Crippen MR) is 48.9 cm³/mol. The quantitative estimate of drug-likeness (QED) is 0.802. The Morgan fingerprint density at radius 3 is 2.82 bits per heavy atom. The smallest absolute Gasteiger partial charge is 0.356 e. The molecule has 1 aromatic rings. The van der Waals surface area contributed by atoms with Crippen molar-refractivity contribution in [2.45, 2.75) is 0 Å². The molecule has 0 saturated heterocycles. The van der Waals surface area contributed by atoms with Gasteiger partial charge in [0.1, 0.15) is 0 Å². The van der Waals surface area contributed by atoms with Crippen LogP contribution in [-0.2, 0) is 0 Å². The van der Waals surface area contributed by atoms with E-state index in [0.717, 1.165) is 3.57 Å². The lowest BCUT2D eigenvalue weighted by Crippen LogP contribution is -2.00. The summed E-state index contributed by atoms with van der Waals surface area (Å²) in [5.41, 5.74) is -0.105. The van der Waals surface area contributed by atoms with Crippen LogP contribution in [0.3, 0.4) is 0 Å². The van der Waals surface area contributed by atoms with Crippen LogP contribution in [0.1, 0.15) is 10.5 Å². The van der Waals surface area contributed by atoms with Crippen LogP contribution in [0.5, 0.6) is 0 Å². The van der Waals surface area contributed by atoms with E-state index in [1.54, 1.807) is 6.07 Å². The van der Waals surface area contributed by atoms with Gasteiger partial charge in [-0.3, -0.25) is 0 Å². The molecule has 1 rings (SSSR count). The molecule has 5 heteroatoms. The number of aromatic carboxylic acids is 1. The summed E-state index contributed by atoms with van der Waals surface area (Å²) in [5, 5.41) is 8.68. The third-order valence-electron chi connectivity index (χ3n) is 1.01. The molecule has 0 aliphatic carbocycles. The normalized spacial score (nSPS) is 9.64. The Hall–Kier alpha value is -0.360. The van der Waals surface area contributed by atoms with Crippen molar-refractivity contribution in [2.24, 2.45) is 0 Å². The van der Waals surface area contributed by atoms with Crippen LogP contribution in [0.25, 0.3) is 0 Å². The largest absolute Gasteiger partial charge is 0.476 e. The molecule has 1 N–H and O–H groups in total. The van der Waals surface area contributed by atoms with Gasteiger partial charge in [-0.2, -0.15) is 0 Å². The Morgan fingerprint density at radius 1 is 1.73 bits per heavy atom. The van der Waals surface area contributed by atoms with Gasteiger partial charge in [-0.1, -0.05) is 11.6 Å². The van der Waals surface area contributed by atoms with E-state index < -0.39 is 5.97 Å². The van der Waals surface area contributed by atoms with Gasteiger partial charge in [-0.05, 0) is 28.7 Å². The second-order valence-electron chi connectivity index (χ2n) is 1.79. The number of hydrogen-bond donors (Lipinski definition) is 1. The first-order valence-electron chi connectivity index (χ1n) is 2.65. The number of halogens is 2. The summed E-state index contributed by atoms with van der Waals surface area (Å²) in [4.78, 5) is 14.0. The van der Waals surface area contributed by atoms with Crippen molar-refractivity contribution in [1.29, 1.82) is 0 Å². The molecule has 3 nitrogen and oxygen atoms in total. The van der Waals surface area contributed by atoms with Crippen molar-refractivity contribution < 1.29 is 9.90 Å². The molecule has 11 heavy (non-hydrogen) atoms. The summed E-state index contributed by atoms with van der Waals surface area (Å²) in [6.45, 7) is 0. The third-order valence-corrected chi connectivity index (χ3v) is 1.89. The highest BCUT2D eigenvalue weighted by Crippen LogP contribution is 2.15. The molecule has 58 valence electrons. The highest BCUT2D eigenvalue weighted by molar-refractivity contribution is 14.1. The molecular formula is C6H3ClINO2. The van der Waals surface area contributed by atoms with E-state index in [2.05, 4.69) is 4.98 Å². The highest BCUT2D eigenvalue weighted by atomic mass is 127. The third kappa shape index (κ3) is 2.03. The number of carboxylic acids is 1. The number of hydrogen-bond acceptors (Lipinski definition) is 2. The van der Waals surface area contributed by atoms with Crippen LogP contribution in [0.4, 0.5) is 0 Å². The van der Waals surface area contributed by atoms with Gasteiger partial charge in [0, 0.05) is 9.77 Å². The van der Waals surface area contributed by atoms with Crippen molar-refractivity contribution in [3.8, 4) is 0 Å². The minimum atomic E-state index is -1.11. The first-order valence-corrected chi connectivity index (χ1v) is 4.11. The first-order chi connectivity index (χ1) is 5.11. The van der Waals surface area contributed by atoms with Gasteiger partial charge in [-0.25, -0.2) is 9.78 Å². The van der Waals surface area contributed by atoms with Crippen LogP contribution in [0, 0.1) is 3.57 Å². The van der Waals surface area contributed by atoms with Gasteiger partial charge >= 0.3 is 5.97 Å². The van der Waals surface area contributed by atoms with Gasteiger partial charge in [0.15, 0.2) is 5.69 Å². The van der Waals surface area contributed by atoms with Crippen molar-refractivity contribution in [1.82, 2.24) is 4.98 Å². The molecule has 0 aliphatic heterocycles. The van der Waals surface area contributed by atoms with Gasteiger partial charge in [0.05, 0.1) is 5.02 Å². The molecule has 1 heterocycles.